The zero-order valence-electron chi connectivity index (χ0n) is 7.64. The second-order valence-electron chi connectivity index (χ2n) is 3.39. The SMILES string of the molecule is CNC(=O)CNC1(C)CCOC1. The molecule has 1 aliphatic rings. The highest BCUT2D eigenvalue weighted by molar-refractivity contribution is 5.77. The van der Waals surface area contributed by atoms with Crippen LogP contribution in [0.15, 0.2) is 0 Å². The molecule has 4 heteroatoms. The summed E-state index contributed by atoms with van der Waals surface area (Å²) in [5, 5.41) is 5.74. The number of carbonyl (C=O) groups is 1. The van der Waals surface area contributed by atoms with Gasteiger partial charge in [-0.25, -0.2) is 0 Å². The van der Waals surface area contributed by atoms with E-state index in [0.29, 0.717) is 13.2 Å². The van der Waals surface area contributed by atoms with E-state index >= 15 is 0 Å². The topological polar surface area (TPSA) is 50.4 Å². The Hall–Kier alpha value is -0.610. The van der Waals surface area contributed by atoms with Gasteiger partial charge in [-0.1, -0.05) is 0 Å². The van der Waals surface area contributed by atoms with E-state index < -0.39 is 0 Å². The van der Waals surface area contributed by atoms with Crippen LogP contribution < -0.4 is 10.6 Å². The van der Waals surface area contributed by atoms with E-state index in [9.17, 15) is 4.79 Å². The molecule has 0 radical (unpaired) electrons. The van der Waals surface area contributed by atoms with Crippen molar-refractivity contribution < 1.29 is 9.53 Å². The molecule has 0 aromatic carbocycles. The zero-order valence-corrected chi connectivity index (χ0v) is 7.64. The van der Waals surface area contributed by atoms with Gasteiger partial charge in [0.2, 0.25) is 5.91 Å². The summed E-state index contributed by atoms with van der Waals surface area (Å²) < 4.78 is 5.23. The molecule has 70 valence electrons. The molecule has 1 saturated heterocycles. The van der Waals surface area contributed by atoms with Crippen LogP contribution in [0.25, 0.3) is 0 Å². The van der Waals surface area contributed by atoms with Crippen molar-refractivity contribution in [2.75, 3.05) is 26.8 Å². The van der Waals surface area contributed by atoms with E-state index in [0.717, 1.165) is 13.0 Å². The van der Waals surface area contributed by atoms with Gasteiger partial charge in [-0.05, 0) is 13.3 Å². The minimum atomic E-state index is -0.00743. The summed E-state index contributed by atoms with van der Waals surface area (Å²) in [6.07, 6.45) is 0.976. The Balaban J connectivity index is 2.25. The van der Waals surface area contributed by atoms with Crippen LogP contribution in [0.3, 0.4) is 0 Å². The molecular weight excluding hydrogens is 156 g/mol. The van der Waals surface area contributed by atoms with Crippen LogP contribution in [0.4, 0.5) is 0 Å². The molecule has 1 fully saturated rings. The van der Waals surface area contributed by atoms with Crippen LogP contribution >= 0.6 is 0 Å². The largest absolute Gasteiger partial charge is 0.379 e. The fourth-order valence-corrected chi connectivity index (χ4v) is 1.19. The predicted octanol–water partition coefficient (Wildman–Crippen LogP) is -0.499. The number of nitrogens with one attached hydrogen (secondary N) is 2. The molecule has 2 N–H and O–H groups in total. The first-order valence-electron chi connectivity index (χ1n) is 4.20. The van der Waals surface area contributed by atoms with Crippen molar-refractivity contribution in [1.29, 1.82) is 0 Å². The number of carbonyl (C=O) groups excluding carboxylic acids is 1. The minimum Gasteiger partial charge on any atom is -0.379 e. The van der Waals surface area contributed by atoms with Gasteiger partial charge in [-0.15, -0.1) is 0 Å². The fraction of sp³-hybridized carbons (Fsp3) is 0.875. The maximum atomic E-state index is 10.9. The van der Waals surface area contributed by atoms with E-state index in [2.05, 4.69) is 17.6 Å². The number of rotatable bonds is 3. The smallest absolute Gasteiger partial charge is 0.233 e. The quantitative estimate of drug-likeness (QED) is 0.603. The molecule has 12 heavy (non-hydrogen) atoms. The molecule has 1 atom stereocenters. The molecule has 0 spiro atoms. The molecule has 1 heterocycles. The monoisotopic (exact) mass is 172 g/mol. The molecule has 0 bridgehead atoms. The average Bonchev–Trinajstić information content (AvgIpc) is 2.49. The Morgan fingerprint density at radius 1 is 1.67 bits per heavy atom. The van der Waals surface area contributed by atoms with Crippen molar-refractivity contribution in [1.82, 2.24) is 10.6 Å². The molecule has 0 aromatic heterocycles. The van der Waals surface area contributed by atoms with Crippen molar-refractivity contribution in [2.45, 2.75) is 18.9 Å². The first-order chi connectivity index (χ1) is 5.66. The van der Waals surface area contributed by atoms with Gasteiger partial charge in [-0.2, -0.15) is 0 Å². The lowest BCUT2D eigenvalue weighted by atomic mass is 10.0. The number of amides is 1. The van der Waals surface area contributed by atoms with Crippen LogP contribution in [0.1, 0.15) is 13.3 Å². The summed E-state index contributed by atoms with van der Waals surface area (Å²) in [5.41, 5.74) is -0.00743. The molecule has 0 saturated carbocycles. The Morgan fingerprint density at radius 2 is 2.42 bits per heavy atom. The van der Waals surface area contributed by atoms with Crippen LogP contribution in [-0.2, 0) is 9.53 Å². The molecule has 1 amide bonds. The molecule has 1 unspecified atom stereocenters. The third-order valence-electron chi connectivity index (χ3n) is 2.17. The van der Waals surface area contributed by atoms with E-state index in [1.54, 1.807) is 7.05 Å². The highest BCUT2D eigenvalue weighted by atomic mass is 16.5. The first kappa shape index (κ1) is 9.48. The van der Waals surface area contributed by atoms with E-state index in [1.165, 1.54) is 0 Å². The Kier molecular flexibility index (Phi) is 3.05. The fourth-order valence-electron chi connectivity index (χ4n) is 1.19. The number of likely N-dealkylation sites (N-methyl/N-ethyl adjacent to an activating group) is 1. The summed E-state index contributed by atoms with van der Waals surface area (Å²) in [5.74, 6) is 0.0168. The van der Waals surface area contributed by atoms with Crippen LogP contribution in [0, 0.1) is 0 Å². The number of ether oxygens (including phenoxy) is 1. The second-order valence-corrected chi connectivity index (χ2v) is 3.39. The molecule has 0 aliphatic carbocycles. The Morgan fingerprint density at radius 3 is 2.92 bits per heavy atom. The predicted molar refractivity (Wildman–Crippen MR) is 45.9 cm³/mol. The summed E-state index contributed by atoms with van der Waals surface area (Å²) >= 11 is 0. The highest BCUT2D eigenvalue weighted by Crippen LogP contribution is 2.16. The summed E-state index contributed by atoms with van der Waals surface area (Å²) in [4.78, 5) is 10.9. The van der Waals surface area contributed by atoms with Gasteiger partial charge in [0.05, 0.1) is 13.2 Å². The van der Waals surface area contributed by atoms with E-state index in [-0.39, 0.29) is 11.4 Å². The van der Waals surface area contributed by atoms with E-state index in [1.807, 2.05) is 0 Å². The van der Waals surface area contributed by atoms with Crippen LogP contribution in [-0.4, -0.2) is 38.3 Å². The van der Waals surface area contributed by atoms with Crippen LogP contribution in [0.5, 0.6) is 0 Å². The molecule has 1 rings (SSSR count). The van der Waals surface area contributed by atoms with Crippen molar-refractivity contribution in [3.63, 3.8) is 0 Å². The minimum absolute atomic E-state index is 0.00743. The van der Waals surface area contributed by atoms with Crippen molar-refractivity contribution >= 4 is 5.91 Å². The van der Waals surface area contributed by atoms with Gasteiger partial charge in [0.15, 0.2) is 0 Å². The van der Waals surface area contributed by atoms with Gasteiger partial charge < -0.3 is 15.4 Å². The first-order valence-corrected chi connectivity index (χ1v) is 4.20. The molecule has 1 aliphatic heterocycles. The maximum absolute atomic E-state index is 10.9. The van der Waals surface area contributed by atoms with E-state index in [4.69, 9.17) is 4.74 Å². The molecule has 4 nitrogen and oxygen atoms in total. The van der Waals surface area contributed by atoms with Gasteiger partial charge in [0.25, 0.3) is 0 Å². The highest BCUT2D eigenvalue weighted by Gasteiger charge is 2.29. The Bertz CT molecular complexity index is 164. The van der Waals surface area contributed by atoms with Crippen molar-refractivity contribution in [3.8, 4) is 0 Å². The summed E-state index contributed by atoms with van der Waals surface area (Å²) in [6.45, 7) is 3.93. The van der Waals surface area contributed by atoms with Gasteiger partial charge in [0, 0.05) is 19.2 Å². The standard InChI is InChI=1S/C8H16N2O2/c1-8(3-4-12-6-8)10-5-7(11)9-2/h10H,3-6H2,1-2H3,(H,9,11). The van der Waals surface area contributed by atoms with Crippen molar-refractivity contribution in [2.24, 2.45) is 0 Å². The lowest BCUT2D eigenvalue weighted by molar-refractivity contribution is -0.120. The third-order valence-corrected chi connectivity index (χ3v) is 2.17. The average molecular weight is 172 g/mol. The summed E-state index contributed by atoms with van der Waals surface area (Å²) in [7, 11) is 1.64. The Labute approximate surface area is 72.7 Å². The molecular formula is C8H16N2O2. The number of hydrogen-bond acceptors (Lipinski definition) is 3. The third kappa shape index (κ3) is 2.46. The van der Waals surface area contributed by atoms with Gasteiger partial charge in [0.1, 0.15) is 0 Å². The van der Waals surface area contributed by atoms with Crippen LogP contribution in [0.2, 0.25) is 0 Å². The molecule has 0 aromatic rings. The van der Waals surface area contributed by atoms with Gasteiger partial charge >= 0.3 is 0 Å². The summed E-state index contributed by atoms with van der Waals surface area (Å²) in [6, 6.07) is 0. The lowest BCUT2D eigenvalue weighted by Crippen LogP contribution is -2.47. The number of hydrogen-bond donors (Lipinski definition) is 2. The normalized spacial score (nSPS) is 28.8. The van der Waals surface area contributed by atoms with Gasteiger partial charge in [-0.3, -0.25) is 4.79 Å². The zero-order chi connectivity index (χ0) is 9.03. The maximum Gasteiger partial charge on any atom is 0.233 e. The lowest BCUT2D eigenvalue weighted by Gasteiger charge is -2.22. The van der Waals surface area contributed by atoms with Crippen molar-refractivity contribution in [3.05, 3.63) is 0 Å². The second kappa shape index (κ2) is 3.87.